The number of nitrogens with zero attached hydrogens (tertiary/aromatic N) is 3. The molecule has 0 saturated carbocycles. The predicted molar refractivity (Wildman–Crippen MR) is 101 cm³/mol. The summed E-state index contributed by atoms with van der Waals surface area (Å²) in [7, 11) is 0. The quantitative estimate of drug-likeness (QED) is 0.704. The van der Waals surface area contributed by atoms with Crippen LogP contribution >= 0.6 is 0 Å². The average molecular weight is 404 g/mol. The van der Waals surface area contributed by atoms with Crippen LogP contribution in [-0.4, -0.2) is 52.3 Å². The SMILES string of the molecule is O=C(C(O)c1ccc(C(F)(F)F)cc1)N1CCN(c2ccc3[nH]ncc3c2)CC1. The van der Waals surface area contributed by atoms with Crippen LogP contribution in [0.15, 0.2) is 48.7 Å². The van der Waals surface area contributed by atoms with Crippen molar-refractivity contribution in [2.45, 2.75) is 12.3 Å². The fraction of sp³-hybridized carbons (Fsp3) is 0.300. The van der Waals surface area contributed by atoms with Gasteiger partial charge in [0.1, 0.15) is 0 Å². The van der Waals surface area contributed by atoms with E-state index in [1.54, 1.807) is 6.20 Å². The lowest BCUT2D eigenvalue weighted by molar-refractivity contribution is -0.140. The van der Waals surface area contributed by atoms with E-state index >= 15 is 0 Å². The van der Waals surface area contributed by atoms with Crippen LogP contribution in [0.5, 0.6) is 0 Å². The number of anilines is 1. The maximum atomic E-state index is 12.7. The Morgan fingerprint density at radius 3 is 2.41 bits per heavy atom. The number of halogens is 3. The number of amides is 1. The van der Waals surface area contributed by atoms with E-state index in [1.807, 2.05) is 18.2 Å². The Morgan fingerprint density at radius 2 is 1.76 bits per heavy atom. The van der Waals surface area contributed by atoms with E-state index in [-0.39, 0.29) is 5.56 Å². The normalized spacial score (nSPS) is 16.3. The maximum Gasteiger partial charge on any atom is 0.416 e. The van der Waals surface area contributed by atoms with Crippen molar-refractivity contribution in [2.75, 3.05) is 31.1 Å². The van der Waals surface area contributed by atoms with E-state index in [9.17, 15) is 23.1 Å². The summed E-state index contributed by atoms with van der Waals surface area (Å²) < 4.78 is 38.0. The number of hydrogen-bond acceptors (Lipinski definition) is 4. The molecule has 0 bridgehead atoms. The molecule has 6 nitrogen and oxygen atoms in total. The molecule has 152 valence electrons. The number of fused-ring (bicyclic) bond motifs is 1. The number of aliphatic hydroxyl groups is 1. The van der Waals surface area contributed by atoms with Gasteiger partial charge in [0.15, 0.2) is 6.10 Å². The molecule has 0 aliphatic carbocycles. The Labute approximate surface area is 164 Å². The summed E-state index contributed by atoms with van der Waals surface area (Å²) in [5.41, 5.74) is 1.30. The van der Waals surface area contributed by atoms with Crippen molar-refractivity contribution in [1.82, 2.24) is 15.1 Å². The third-order valence-corrected chi connectivity index (χ3v) is 5.17. The fourth-order valence-corrected chi connectivity index (χ4v) is 3.48. The number of aromatic amines is 1. The number of piperazine rings is 1. The number of carbonyl (C=O) groups excluding carboxylic acids is 1. The fourth-order valence-electron chi connectivity index (χ4n) is 3.48. The van der Waals surface area contributed by atoms with E-state index in [2.05, 4.69) is 15.1 Å². The molecule has 2 heterocycles. The van der Waals surface area contributed by atoms with Gasteiger partial charge in [0.25, 0.3) is 5.91 Å². The molecule has 2 N–H and O–H groups in total. The van der Waals surface area contributed by atoms with Crippen molar-refractivity contribution in [3.05, 3.63) is 59.8 Å². The van der Waals surface area contributed by atoms with Crippen LogP contribution in [0.3, 0.4) is 0 Å². The standard InChI is InChI=1S/C20H19F3N4O2/c21-20(22,23)15-3-1-13(2-4-15)18(28)19(29)27-9-7-26(8-10-27)16-5-6-17-14(11-16)12-24-25-17/h1-6,11-12,18,28H,7-10H2,(H,24,25). The third kappa shape index (κ3) is 3.91. The molecule has 1 saturated heterocycles. The molecule has 9 heteroatoms. The minimum absolute atomic E-state index is 0.149. The first kappa shape index (κ1) is 19.3. The molecule has 1 fully saturated rings. The molecule has 3 aromatic rings. The van der Waals surface area contributed by atoms with E-state index in [0.29, 0.717) is 26.2 Å². The van der Waals surface area contributed by atoms with Crippen molar-refractivity contribution in [2.24, 2.45) is 0 Å². The number of aromatic nitrogens is 2. The van der Waals surface area contributed by atoms with Crippen molar-refractivity contribution < 1.29 is 23.1 Å². The molecule has 29 heavy (non-hydrogen) atoms. The molecule has 1 aliphatic rings. The van der Waals surface area contributed by atoms with Gasteiger partial charge in [0, 0.05) is 37.3 Å². The number of carbonyl (C=O) groups is 1. The molecule has 1 aromatic heterocycles. The maximum absolute atomic E-state index is 12.7. The molecule has 0 radical (unpaired) electrons. The van der Waals surface area contributed by atoms with E-state index in [4.69, 9.17) is 0 Å². The van der Waals surface area contributed by atoms with Gasteiger partial charge in [-0.3, -0.25) is 9.89 Å². The highest BCUT2D eigenvalue weighted by Gasteiger charge is 2.31. The van der Waals surface area contributed by atoms with E-state index < -0.39 is 23.8 Å². The van der Waals surface area contributed by atoms with Gasteiger partial charge in [-0.1, -0.05) is 12.1 Å². The Bertz CT molecular complexity index is 1010. The number of nitrogens with one attached hydrogen (secondary N) is 1. The zero-order chi connectivity index (χ0) is 20.6. The van der Waals surface area contributed by atoms with Gasteiger partial charge in [0.05, 0.1) is 17.3 Å². The lowest BCUT2D eigenvalue weighted by Gasteiger charge is -2.37. The molecule has 1 atom stereocenters. The first-order chi connectivity index (χ1) is 13.8. The summed E-state index contributed by atoms with van der Waals surface area (Å²) in [5, 5.41) is 18.2. The van der Waals surface area contributed by atoms with Crippen LogP contribution in [0.25, 0.3) is 10.9 Å². The second-order valence-corrected chi connectivity index (χ2v) is 6.98. The smallest absolute Gasteiger partial charge is 0.378 e. The van der Waals surface area contributed by atoms with Crippen LogP contribution in [0.2, 0.25) is 0 Å². The number of rotatable bonds is 3. The molecule has 1 aliphatic heterocycles. The van der Waals surface area contributed by atoms with Gasteiger partial charge in [-0.15, -0.1) is 0 Å². The average Bonchev–Trinajstić information content (AvgIpc) is 3.20. The molecule has 0 spiro atoms. The molecule has 2 aromatic carbocycles. The topological polar surface area (TPSA) is 72.5 Å². The van der Waals surface area contributed by atoms with Gasteiger partial charge >= 0.3 is 6.18 Å². The highest BCUT2D eigenvalue weighted by molar-refractivity contribution is 5.83. The summed E-state index contributed by atoms with van der Waals surface area (Å²) in [5.74, 6) is -0.505. The second kappa shape index (κ2) is 7.40. The Morgan fingerprint density at radius 1 is 1.07 bits per heavy atom. The summed E-state index contributed by atoms with van der Waals surface area (Å²) in [6.45, 7) is 2.02. The monoisotopic (exact) mass is 404 g/mol. The first-order valence-corrected chi connectivity index (χ1v) is 9.15. The Kier molecular flexibility index (Phi) is 4.91. The van der Waals surface area contributed by atoms with Crippen molar-refractivity contribution in [1.29, 1.82) is 0 Å². The summed E-state index contributed by atoms with van der Waals surface area (Å²) in [6, 6.07) is 9.97. The predicted octanol–water partition coefficient (Wildman–Crippen LogP) is 2.96. The van der Waals surface area contributed by atoms with Gasteiger partial charge in [-0.2, -0.15) is 18.3 Å². The zero-order valence-corrected chi connectivity index (χ0v) is 15.4. The lowest BCUT2D eigenvalue weighted by Crippen LogP contribution is -2.50. The molecular formula is C20H19F3N4O2. The van der Waals surface area contributed by atoms with Gasteiger partial charge in [-0.25, -0.2) is 0 Å². The Hall–Kier alpha value is -3.07. The van der Waals surface area contributed by atoms with Crippen LogP contribution < -0.4 is 4.90 Å². The first-order valence-electron chi connectivity index (χ1n) is 9.15. The molecular weight excluding hydrogens is 385 g/mol. The highest BCUT2D eigenvalue weighted by Crippen LogP contribution is 2.30. The summed E-state index contributed by atoms with van der Waals surface area (Å²) in [6.07, 6.45) is -4.19. The largest absolute Gasteiger partial charge is 0.416 e. The molecule has 1 unspecified atom stereocenters. The Balaban J connectivity index is 1.39. The van der Waals surface area contributed by atoms with E-state index in [1.165, 1.54) is 4.90 Å². The van der Waals surface area contributed by atoms with Crippen molar-refractivity contribution in [3.8, 4) is 0 Å². The van der Waals surface area contributed by atoms with Crippen molar-refractivity contribution >= 4 is 22.5 Å². The molecule has 4 rings (SSSR count). The van der Waals surface area contributed by atoms with Gasteiger partial charge in [0.2, 0.25) is 0 Å². The van der Waals surface area contributed by atoms with Crippen LogP contribution in [0, 0.1) is 0 Å². The summed E-state index contributed by atoms with van der Waals surface area (Å²) >= 11 is 0. The van der Waals surface area contributed by atoms with Crippen LogP contribution in [0.1, 0.15) is 17.2 Å². The zero-order valence-electron chi connectivity index (χ0n) is 15.4. The third-order valence-electron chi connectivity index (χ3n) is 5.17. The van der Waals surface area contributed by atoms with Crippen LogP contribution in [-0.2, 0) is 11.0 Å². The highest BCUT2D eigenvalue weighted by atomic mass is 19.4. The van der Waals surface area contributed by atoms with Crippen molar-refractivity contribution in [3.63, 3.8) is 0 Å². The number of benzene rings is 2. The summed E-state index contributed by atoms with van der Waals surface area (Å²) in [4.78, 5) is 16.3. The molecule has 1 amide bonds. The number of alkyl halides is 3. The number of hydrogen-bond donors (Lipinski definition) is 2. The minimum atomic E-state index is -4.46. The second-order valence-electron chi connectivity index (χ2n) is 6.98. The van der Waals surface area contributed by atoms with Crippen LogP contribution in [0.4, 0.5) is 18.9 Å². The number of H-pyrrole nitrogens is 1. The lowest BCUT2D eigenvalue weighted by atomic mass is 10.1. The van der Waals surface area contributed by atoms with E-state index in [0.717, 1.165) is 40.9 Å². The number of aliphatic hydroxyl groups excluding tert-OH is 1. The van der Waals surface area contributed by atoms with Gasteiger partial charge in [-0.05, 0) is 35.9 Å². The van der Waals surface area contributed by atoms with Gasteiger partial charge < -0.3 is 14.9 Å². The minimum Gasteiger partial charge on any atom is -0.378 e.